The molecule has 1 heterocycles. The van der Waals surface area contributed by atoms with Crippen molar-refractivity contribution >= 4 is 0 Å². The predicted octanol–water partition coefficient (Wildman–Crippen LogP) is 1.91. The fourth-order valence-electron chi connectivity index (χ4n) is 2.58. The van der Waals surface area contributed by atoms with Crippen LogP contribution in [0.4, 0.5) is 0 Å². The van der Waals surface area contributed by atoms with Crippen LogP contribution in [0.2, 0.25) is 0 Å². The van der Waals surface area contributed by atoms with Gasteiger partial charge in [-0.05, 0) is 25.9 Å². The third kappa shape index (κ3) is 2.48. The van der Waals surface area contributed by atoms with Crippen LogP contribution in [0.1, 0.15) is 27.7 Å². The van der Waals surface area contributed by atoms with Gasteiger partial charge in [0.2, 0.25) is 0 Å². The first-order valence-corrected chi connectivity index (χ1v) is 5.84. The third-order valence-corrected chi connectivity index (χ3v) is 3.62. The maximum absolute atomic E-state index is 2.54. The maximum Gasteiger partial charge on any atom is 0.0243 e. The van der Waals surface area contributed by atoms with E-state index in [1.165, 1.54) is 13.1 Å². The predicted molar refractivity (Wildman–Crippen MR) is 62.5 cm³/mol. The molecule has 0 aromatic heterocycles. The molecule has 1 aliphatic heterocycles. The van der Waals surface area contributed by atoms with Crippen molar-refractivity contribution in [3.8, 4) is 0 Å². The second kappa shape index (κ2) is 4.63. The molecule has 1 rings (SSSR count). The quantitative estimate of drug-likeness (QED) is 0.669. The molecule has 0 aliphatic carbocycles. The first-order chi connectivity index (χ1) is 6.43. The van der Waals surface area contributed by atoms with Gasteiger partial charge in [-0.1, -0.05) is 27.7 Å². The molecule has 0 spiro atoms. The SMILES string of the molecule is CC(C)C1CN(C)C(C(C)C)CN1C. The van der Waals surface area contributed by atoms with Gasteiger partial charge in [-0.15, -0.1) is 0 Å². The van der Waals surface area contributed by atoms with Crippen molar-refractivity contribution in [3.05, 3.63) is 0 Å². The van der Waals surface area contributed by atoms with Crippen LogP contribution in [0, 0.1) is 11.8 Å². The van der Waals surface area contributed by atoms with Crippen molar-refractivity contribution in [3.63, 3.8) is 0 Å². The summed E-state index contributed by atoms with van der Waals surface area (Å²) in [5, 5.41) is 0. The van der Waals surface area contributed by atoms with Crippen molar-refractivity contribution in [1.29, 1.82) is 0 Å². The number of likely N-dealkylation sites (N-methyl/N-ethyl adjacent to an activating group) is 2. The Hall–Kier alpha value is -0.0800. The highest BCUT2D eigenvalue weighted by molar-refractivity contribution is 4.88. The highest BCUT2D eigenvalue weighted by atomic mass is 15.3. The lowest BCUT2D eigenvalue weighted by Crippen LogP contribution is -2.58. The van der Waals surface area contributed by atoms with Crippen LogP contribution < -0.4 is 0 Å². The molecule has 2 nitrogen and oxygen atoms in total. The zero-order valence-electron chi connectivity index (χ0n) is 10.6. The summed E-state index contributed by atoms with van der Waals surface area (Å²) in [6.07, 6.45) is 0. The summed E-state index contributed by atoms with van der Waals surface area (Å²) in [4.78, 5) is 5.07. The number of hydrogen-bond donors (Lipinski definition) is 0. The first kappa shape index (κ1) is 12.0. The molecule has 0 aromatic rings. The summed E-state index contributed by atoms with van der Waals surface area (Å²) in [5.74, 6) is 1.52. The molecule has 0 aromatic carbocycles. The van der Waals surface area contributed by atoms with Gasteiger partial charge in [-0.25, -0.2) is 0 Å². The van der Waals surface area contributed by atoms with E-state index < -0.39 is 0 Å². The van der Waals surface area contributed by atoms with Crippen molar-refractivity contribution in [1.82, 2.24) is 9.80 Å². The highest BCUT2D eigenvalue weighted by Crippen LogP contribution is 2.21. The van der Waals surface area contributed by atoms with E-state index in [-0.39, 0.29) is 0 Å². The fourth-order valence-corrected chi connectivity index (χ4v) is 2.58. The topological polar surface area (TPSA) is 6.48 Å². The summed E-state index contributed by atoms with van der Waals surface area (Å²) < 4.78 is 0. The Kier molecular flexibility index (Phi) is 3.96. The second-order valence-corrected chi connectivity index (χ2v) is 5.50. The van der Waals surface area contributed by atoms with Gasteiger partial charge in [-0.2, -0.15) is 0 Å². The molecule has 2 unspecified atom stereocenters. The van der Waals surface area contributed by atoms with Gasteiger partial charge >= 0.3 is 0 Å². The minimum Gasteiger partial charge on any atom is -0.300 e. The minimum atomic E-state index is 0.731. The fraction of sp³-hybridized carbons (Fsp3) is 1.00. The zero-order valence-corrected chi connectivity index (χ0v) is 10.6. The molecule has 0 amide bonds. The van der Waals surface area contributed by atoms with E-state index in [9.17, 15) is 0 Å². The van der Waals surface area contributed by atoms with E-state index >= 15 is 0 Å². The van der Waals surface area contributed by atoms with Gasteiger partial charge in [0, 0.05) is 25.2 Å². The van der Waals surface area contributed by atoms with Gasteiger partial charge in [0.15, 0.2) is 0 Å². The summed E-state index contributed by atoms with van der Waals surface area (Å²) in [6.45, 7) is 11.7. The Balaban J connectivity index is 2.62. The van der Waals surface area contributed by atoms with E-state index in [2.05, 4.69) is 51.6 Å². The zero-order chi connectivity index (χ0) is 10.9. The average molecular weight is 198 g/mol. The van der Waals surface area contributed by atoms with Crippen molar-refractivity contribution in [2.75, 3.05) is 27.2 Å². The normalized spacial score (nSPS) is 31.7. The van der Waals surface area contributed by atoms with Gasteiger partial charge < -0.3 is 9.80 Å². The van der Waals surface area contributed by atoms with Crippen LogP contribution in [0.15, 0.2) is 0 Å². The van der Waals surface area contributed by atoms with Crippen molar-refractivity contribution in [2.24, 2.45) is 11.8 Å². The van der Waals surface area contributed by atoms with Crippen LogP contribution >= 0.6 is 0 Å². The number of piperazine rings is 1. The lowest BCUT2D eigenvalue weighted by molar-refractivity contribution is 0.0231. The number of hydrogen-bond acceptors (Lipinski definition) is 2. The van der Waals surface area contributed by atoms with E-state index in [0.29, 0.717) is 0 Å². The van der Waals surface area contributed by atoms with Gasteiger partial charge in [-0.3, -0.25) is 0 Å². The molecule has 0 N–H and O–H groups in total. The van der Waals surface area contributed by atoms with Crippen LogP contribution in [0.3, 0.4) is 0 Å². The molecule has 1 saturated heterocycles. The van der Waals surface area contributed by atoms with Crippen LogP contribution in [-0.2, 0) is 0 Å². The average Bonchev–Trinajstić information content (AvgIpc) is 2.07. The molecule has 1 aliphatic rings. The Morgan fingerprint density at radius 3 is 1.29 bits per heavy atom. The van der Waals surface area contributed by atoms with E-state index in [4.69, 9.17) is 0 Å². The lowest BCUT2D eigenvalue weighted by atomic mass is 9.93. The van der Waals surface area contributed by atoms with Crippen LogP contribution in [0.25, 0.3) is 0 Å². The second-order valence-electron chi connectivity index (χ2n) is 5.50. The number of rotatable bonds is 2. The summed E-state index contributed by atoms with van der Waals surface area (Å²) in [5.41, 5.74) is 0. The smallest absolute Gasteiger partial charge is 0.0243 e. The van der Waals surface area contributed by atoms with E-state index in [0.717, 1.165) is 23.9 Å². The molecule has 84 valence electrons. The van der Waals surface area contributed by atoms with Gasteiger partial charge in [0.1, 0.15) is 0 Å². The van der Waals surface area contributed by atoms with Crippen molar-refractivity contribution < 1.29 is 0 Å². The third-order valence-electron chi connectivity index (χ3n) is 3.62. The molecular formula is C12H26N2. The number of nitrogens with zero attached hydrogens (tertiary/aromatic N) is 2. The molecule has 2 heteroatoms. The minimum absolute atomic E-state index is 0.731. The van der Waals surface area contributed by atoms with Gasteiger partial charge in [0.25, 0.3) is 0 Å². The molecule has 1 fully saturated rings. The Morgan fingerprint density at radius 1 is 0.786 bits per heavy atom. The van der Waals surface area contributed by atoms with Crippen LogP contribution in [-0.4, -0.2) is 49.1 Å². The first-order valence-electron chi connectivity index (χ1n) is 5.84. The molecule has 14 heavy (non-hydrogen) atoms. The summed E-state index contributed by atoms with van der Waals surface area (Å²) in [7, 11) is 4.54. The Bertz CT molecular complexity index is 157. The summed E-state index contributed by atoms with van der Waals surface area (Å²) in [6, 6.07) is 1.46. The van der Waals surface area contributed by atoms with Crippen LogP contribution in [0.5, 0.6) is 0 Å². The maximum atomic E-state index is 2.54. The Morgan fingerprint density at radius 2 is 1.07 bits per heavy atom. The van der Waals surface area contributed by atoms with Crippen molar-refractivity contribution in [2.45, 2.75) is 39.8 Å². The largest absolute Gasteiger partial charge is 0.300 e. The van der Waals surface area contributed by atoms with E-state index in [1.54, 1.807) is 0 Å². The standard InChI is InChI=1S/C12H26N2/c1-9(2)11-7-14(6)12(10(3)4)8-13(11)5/h9-12H,7-8H2,1-6H3. The lowest BCUT2D eigenvalue weighted by Gasteiger charge is -2.46. The Labute approximate surface area is 89.3 Å². The molecule has 2 atom stereocenters. The highest BCUT2D eigenvalue weighted by Gasteiger charge is 2.32. The summed E-state index contributed by atoms with van der Waals surface area (Å²) >= 11 is 0. The molecule has 0 saturated carbocycles. The molecule has 0 bridgehead atoms. The molecular weight excluding hydrogens is 172 g/mol. The van der Waals surface area contributed by atoms with E-state index in [1.807, 2.05) is 0 Å². The van der Waals surface area contributed by atoms with Gasteiger partial charge in [0.05, 0.1) is 0 Å². The monoisotopic (exact) mass is 198 g/mol. The molecule has 0 radical (unpaired) electrons.